The quantitative estimate of drug-likeness (QED) is 0.172. The smallest absolute Gasteiger partial charge is 0.0702 e. The first-order chi connectivity index (χ1) is 47.1. The fourth-order valence-corrected chi connectivity index (χ4v) is 12.3. The zero-order valence-electron chi connectivity index (χ0n) is 55.3. The molecule has 17 rings (SSSR count). The third-order valence-electron chi connectivity index (χ3n) is 17.3. The largest absolute Gasteiger partial charge is 0.265 e. The number of hydrogen-bond donors (Lipinski definition) is 0. The van der Waals surface area contributed by atoms with Crippen molar-refractivity contribution in [3.05, 3.63) is 386 Å². The Balaban J connectivity index is 0.000000111. The molecular weight excluding hydrogens is 1160 g/mol. The van der Waals surface area contributed by atoms with Gasteiger partial charge in [0.15, 0.2) is 0 Å². The van der Waals surface area contributed by atoms with E-state index in [-0.39, 0.29) is 0 Å². The van der Waals surface area contributed by atoms with Crippen molar-refractivity contribution in [2.45, 2.75) is 41.5 Å². The first-order valence-electron chi connectivity index (χ1n) is 32.7. The van der Waals surface area contributed by atoms with Gasteiger partial charge in [0.25, 0.3) is 0 Å². The van der Waals surface area contributed by atoms with Gasteiger partial charge >= 0.3 is 0 Å². The van der Waals surface area contributed by atoms with Gasteiger partial charge in [0.1, 0.15) is 0 Å². The van der Waals surface area contributed by atoms with Gasteiger partial charge in [-0.1, -0.05) is 255 Å². The number of hydrogen-bond acceptors (Lipinski definition) is 4. The third kappa shape index (κ3) is 15.9. The average Bonchev–Trinajstić information content (AvgIpc) is 0.909. The van der Waals surface area contributed by atoms with Crippen molar-refractivity contribution >= 4 is 64.8 Å². The molecule has 4 heterocycles. The van der Waals surface area contributed by atoms with Crippen LogP contribution in [0.3, 0.4) is 0 Å². The van der Waals surface area contributed by atoms with E-state index >= 15 is 0 Å². The molecule has 0 fully saturated rings. The molecule has 96 heavy (non-hydrogen) atoms. The van der Waals surface area contributed by atoms with Gasteiger partial charge < -0.3 is 0 Å². The maximum absolute atomic E-state index is 4.38. The zero-order valence-corrected chi connectivity index (χ0v) is 55.3. The molecule has 0 saturated heterocycles. The monoisotopic (exact) mass is 1240 g/mol. The van der Waals surface area contributed by atoms with Crippen LogP contribution in [-0.4, -0.2) is 19.9 Å². The van der Waals surface area contributed by atoms with Crippen LogP contribution in [0, 0.1) is 41.5 Å². The summed E-state index contributed by atoms with van der Waals surface area (Å²) in [5.41, 5.74) is 21.1. The van der Waals surface area contributed by atoms with Gasteiger partial charge in [0.05, 0.1) is 11.2 Å². The van der Waals surface area contributed by atoms with Crippen molar-refractivity contribution in [2.24, 2.45) is 0 Å². The summed E-state index contributed by atoms with van der Waals surface area (Å²) in [6, 6.07) is 110. The Morgan fingerprint density at radius 1 is 0.208 bits per heavy atom. The van der Waals surface area contributed by atoms with Crippen LogP contribution in [0.25, 0.3) is 121 Å². The van der Waals surface area contributed by atoms with Crippen LogP contribution in [0.1, 0.15) is 33.4 Å². The van der Waals surface area contributed by atoms with Crippen LogP contribution in [0.5, 0.6) is 0 Å². The maximum atomic E-state index is 4.38. The molecule has 4 aromatic heterocycles. The van der Waals surface area contributed by atoms with Crippen LogP contribution in [0.15, 0.2) is 353 Å². The summed E-state index contributed by atoms with van der Waals surface area (Å²) < 4.78 is 0. The summed E-state index contributed by atoms with van der Waals surface area (Å²) in [6.07, 6.45) is 11.1. The van der Waals surface area contributed by atoms with Crippen LogP contribution in [-0.2, 0) is 0 Å². The Hall–Kier alpha value is -12.0. The van der Waals surface area contributed by atoms with E-state index in [0.717, 1.165) is 16.8 Å². The van der Waals surface area contributed by atoms with E-state index in [4.69, 9.17) is 0 Å². The number of nitrogens with zero attached hydrogens (tertiary/aromatic N) is 4. The molecule has 17 aromatic rings. The Labute approximate surface area is 564 Å². The summed E-state index contributed by atoms with van der Waals surface area (Å²) in [4.78, 5) is 16.9. The number of fused-ring (bicyclic) bond motifs is 6. The predicted octanol–water partition coefficient (Wildman–Crippen LogP) is 24.8. The van der Waals surface area contributed by atoms with Crippen LogP contribution >= 0.6 is 0 Å². The molecular formula is C92H76N4. The SMILES string of the molecule is Cc1cc(-c2ccccc2)c2ccccc2c1.Cc1ccc(-c2ccccc2)c2ccccc12.Cc1cccc2cc(-c3ccccn3)ccc12.Cc1cccc2cc(-c3cccnc3)ccc12.Cc1cccc2cc(-c3ccncc3)ccc12.Cc1cnc2ccccc2c1. The van der Waals surface area contributed by atoms with Crippen LogP contribution in [0.4, 0.5) is 0 Å². The summed E-state index contributed by atoms with van der Waals surface area (Å²) in [7, 11) is 0. The molecule has 0 amide bonds. The van der Waals surface area contributed by atoms with Crippen molar-refractivity contribution in [3.8, 4) is 55.8 Å². The summed E-state index contributed by atoms with van der Waals surface area (Å²) >= 11 is 0. The minimum Gasteiger partial charge on any atom is -0.265 e. The lowest BCUT2D eigenvalue weighted by Crippen LogP contribution is -1.83. The minimum absolute atomic E-state index is 1.02. The molecule has 0 aliphatic heterocycles. The van der Waals surface area contributed by atoms with Gasteiger partial charge in [-0.25, -0.2) is 0 Å². The van der Waals surface area contributed by atoms with Crippen LogP contribution < -0.4 is 0 Å². The number of aryl methyl sites for hydroxylation is 6. The number of para-hydroxylation sites is 1. The van der Waals surface area contributed by atoms with Crippen molar-refractivity contribution in [2.75, 3.05) is 0 Å². The molecule has 0 bridgehead atoms. The molecule has 0 atom stereocenters. The van der Waals surface area contributed by atoms with Crippen molar-refractivity contribution in [1.29, 1.82) is 0 Å². The molecule has 0 aliphatic carbocycles. The highest BCUT2D eigenvalue weighted by molar-refractivity contribution is 5.99. The summed E-state index contributed by atoms with van der Waals surface area (Å²) in [5, 5.41) is 14.3. The highest BCUT2D eigenvalue weighted by atomic mass is 14.7. The van der Waals surface area contributed by atoms with E-state index in [1.165, 1.54) is 137 Å². The fraction of sp³-hybridized carbons (Fsp3) is 0.0652. The normalized spacial score (nSPS) is 10.6. The topological polar surface area (TPSA) is 51.6 Å². The van der Waals surface area contributed by atoms with E-state index in [0.29, 0.717) is 0 Å². The molecule has 0 unspecified atom stereocenters. The average molecular weight is 1240 g/mol. The van der Waals surface area contributed by atoms with E-state index in [2.05, 4.69) is 322 Å². The Bertz CT molecular complexity index is 5120. The number of rotatable bonds is 5. The Morgan fingerprint density at radius 2 is 0.688 bits per heavy atom. The van der Waals surface area contributed by atoms with E-state index in [1.54, 1.807) is 6.20 Å². The van der Waals surface area contributed by atoms with Crippen molar-refractivity contribution < 1.29 is 0 Å². The molecule has 0 radical (unpaired) electrons. The molecule has 13 aromatic carbocycles. The lowest BCUT2D eigenvalue weighted by molar-refractivity contribution is 1.33. The lowest BCUT2D eigenvalue weighted by Gasteiger charge is -2.09. The molecule has 4 nitrogen and oxygen atoms in total. The van der Waals surface area contributed by atoms with Gasteiger partial charge in [-0.05, 0) is 228 Å². The third-order valence-corrected chi connectivity index (χ3v) is 17.3. The number of pyridine rings is 4. The Morgan fingerprint density at radius 3 is 1.29 bits per heavy atom. The molecule has 0 aliphatic rings. The van der Waals surface area contributed by atoms with Gasteiger partial charge in [-0.3, -0.25) is 19.9 Å². The zero-order chi connectivity index (χ0) is 66.0. The van der Waals surface area contributed by atoms with Gasteiger partial charge in [0, 0.05) is 53.7 Å². The summed E-state index contributed by atoms with van der Waals surface area (Å²) in [5.74, 6) is 0. The van der Waals surface area contributed by atoms with Gasteiger partial charge in [-0.15, -0.1) is 0 Å². The van der Waals surface area contributed by atoms with Crippen molar-refractivity contribution in [3.63, 3.8) is 0 Å². The van der Waals surface area contributed by atoms with E-state index in [9.17, 15) is 0 Å². The predicted molar refractivity (Wildman–Crippen MR) is 410 cm³/mol. The molecule has 464 valence electrons. The maximum Gasteiger partial charge on any atom is 0.0702 e. The summed E-state index contributed by atoms with van der Waals surface area (Å²) in [6.45, 7) is 12.8. The Kier molecular flexibility index (Phi) is 20.8. The van der Waals surface area contributed by atoms with E-state index < -0.39 is 0 Å². The first-order valence-corrected chi connectivity index (χ1v) is 32.7. The lowest BCUT2D eigenvalue weighted by atomic mass is 9.96. The number of benzene rings is 13. The first kappa shape index (κ1) is 64.1. The second-order valence-electron chi connectivity index (χ2n) is 24.2. The van der Waals surface area contributed by atoms with Gasteiger partial charge in [0.2, 0.25) is 0 Å². The fourth-order valence-electron chi connectivity index (χ4n) is 12.3. The standard InChI is InChI=1S/2C17H14.3C16H13N.C10H9N/c1-13-11-15-9-5-6-10-16(15)17(12-13)14-7-3-2-4-8-14;1-13-11-12-16(14-7-3-2-4-8-14)17-10-6-5-9-15(13)17;1-12-4-2-5-14-10-13(7-8-16(12)14)15-6-3-9-17-11-15;1-12-5-4-6-13-11-14(8-9-15(12)13)16-7-2-3-10-17-16;1-12-3-2-4-15-11-14(5-6-16(12)15)13-7-9-17-10-8-13;1-8-6-9-4-2-3-5-10(9)11-7-8/h2*2-12H,1H3;3*2-11H,1H3;2-7H,1H3. The highest BCUT2D eigenvalue weighted by Gasteiger charge is 2.08. The molecule has 0 saturated carbocycles. The van der Waals surface area contributed by atoms with E-state index in [1.807, 2.05) is 85.6 Å². The minimum atomic E-state index is 1.02. The van der Waals surface area contributed by atoms with Crippen molar-refractivity contribution in [1.82, 2.24) is 19.9 Å². The van der Waals surface area contributed by atoms with Gasteiger partial charge in [-0.2, -0.15) is 0 Å². The van der Waals surface area contributed by atoms with Crippen LogP contribution in [0.2, 0.25) is 0 Å². The number of aromatic nitrogens is 4. The molecule has 4 heteroatoms. The molecule has 0 N–H and O–H groups in total. The second-order valence-corrected chi connectivity index (χ2v) is 24.2. The highest BCUT2D eigenvalue weighted by Crippen LogP contribution is 2.33. The molecule has 0 spiro atoms. The second kappa shape index (κ2) is 31.1.